The molecule has 0 radical (unpaired) electrons. The van der Waals surface area contributed by atoms with Gasteiger partial charge in [-0.05, 0) is 0 Å². The molecule has 44 valence electrons. The van der Waals surface area contributed by atoms with E-state index in [0.29, 0.717) is 13.2 Å². The minimum absolute atomic E-state index is 0.153. The largest absolute Gasteiger partial charge is 0.462 e. The average molecular weight is 115 g/mol. The van der Waals surface area contributed by atoms with E-state index in [-0.39, 0.29) is 6.02 Å². The lowest BCUT2D eigenvalue weighted by Gasteiger charge is -1.98. The third kappa shape index (κ3) is 0.617. The second-order valence-electron chi connectivity index (χ2n) is 1.36. The van der Waals surface area contributed by atoms with E-state index in [1.807, 2.05) is 0 Å². The Kier molecular flexibility index (Phi) is 1.11. The number of ether oxygens (including phenoxy) is 1. The average Bonchev–Trinajstić information content (AvgIpc) is 2.14. The van der Waals surface area contributed by atoms with E-state index in [1.54, 1.807) is 0 Å². The van der Waals surface area contributed by atoms with E-state index in [4.69, 9.17) is 5.41 Å². The molecule has 0 aromatic rings. The molecule has 5 nitrogen and oxygen atoms in total. The van der Waals surface area contributed by atoms with Gasteiger partial charge in [-0.1, -0.05) is 0 Å². The highest BCUT2D eigenvalue weighted by atomic mass is 16.5. The molecular weight excluding hydrogens is 110 g/mol. The van der Waals surface area contributed by atoms with E-state index >= 15 is 0 Å². The number of nitrogens with one attached hydrogen (secondary N) is 1. The molecule has 0 saturated carbocycles. The Labute approximate surface area is 45.7 Å². The Hall–Kier alpha value is -1.13. The quantitative estimate of drug-likeness (QED) is 0.486. The van der Waals surface area contributed by atoms with Crippen LogP contribution in [-0.4, -0.2) is 24.2 Å². The first-order chi connectivity index (χ1) is 3.84. The number of hydrogen-bond acceptors (Lipinski definition) is 4. The molecule has 0 amide bonds. The van der Waals surface area contributed by atoms with Crippen molar-refractivity contribution >= 4 is 6.02 Å². The summed E-state index contributed by atoms with van der Waals surface area (Å²) >= 11 is 0. The Bertz CT molecular complexity index is 124. The highest BCUT2D eigenvalue weighted by Gasteiger charge is 2.17. The predicted octanol–water partition coefficient (Wildman–Crippen LogP) is -0.0652. The molecule has 0 aromatic heterocycles. The smallest absolute Gasteiger partial charge is 0.308 e. The van der Waals surface area contributed by atoms with Gasteiger partial charge in [-0.15, -0.1) is 4.91 Å². The van der Waals surface area contributed by atoms with Crippen LogP contribution in [0.1, 0.15) is 0 Å². The molecule has 1 aliphatic rings. The van der Waals surface area contributed by atoms with Gasteiger partial charge in [-0.25, -0.2) is 5.41 Å². The van der Waals surface area contributed by atoms with Gasteiger partial charge in [0.05, 0.1) is 11.8 Å². The molecule has 1 saturated heterocycles. The van der Waals surface area contributed by atoms with Gasteiger partial charge in [-0.3, -0.25) is 0 Å². The van der Waals surface area contributed by atoms with E-state index in [2.05, 4.69) is 10.0 Å². The van der Waals surface area contributed by atoms with Crippen LogP contribution in [0.5, 0.6) is 0 Å². The van der Waals surface area contributed by atoms with E-state index in [0.717, 1.165) is 5.01 Å². The van der Waals surface area contributed by atoms with E-state index in [9.17, 15) is 4.91 Å². The summed E-state index contributed by atoms with van der Waals surface area (Å²) in [5.74, 6) is 0. The molecule has 5 heteroatoms. The summed E-state index contributed by atoms with van der Waals surface area (Å²) in [7, 11) is 0. The Morgan fingerprint density at radius 1 is 1.88 bits per heavy atom. The van der Waals surface area contributed by atoms with Crippen molar-refractivity contribution < 1.29 is 4.74 Å². The van der Waals surface area contributed by atoms with Crippen LogP contribution in [0.3, 0.4) is 0 Å². The van der Waals surface area contributed by atoms with E-state index in [1.165, 1.54) is 0 Å². The van der Waals surface area contributed by atoms with Crippen molar-refractivity contribution in [3.8, 4) is 0 Å². The summed E-state index contributed by atoms with van der Waals surface area (Å²) < 4.78 is 4.57. The molecule has 0 spiro atoms. The first-order valence-corrected chi connectivity index (χ1v) is 2.17. The first-order valence-electron chi connectivity index (χ1n) is 2.17. The molecule has 8 heavy (non-hydrogen) atoms. The molecule has 1 rings (SSSR count). The van der Waals surface area contributed by atoms with Crippen molar-refractivity contribution in [3.63, 3.8) is 0 Å². The fourth-order valence-electron chi connectivity index (χ4n) is 0.483. The van der Waals surface area contributed by atoms with Crippen LogP contribution in [0.2, 0.25) is 0 Å². The van der Waals surface area contributed by atoms with Crippen molar-refractivity contribution in [2.75, 3.05) is 13.2 Å². The van der Waals surface area contributed by atoms with Gasteiger partial charge in [-0.2, -0.15) is 5.01 Å². The number of rotatable bonds is 1. The maximum atomic E-state index is 9.67. The Morgan fingerprint density at radius 2 is 2.62 bits per heavy atom. The van der Waals surface area contributed by atoms with Crippen molar-refractivity contribution in [3.05, 3.63) is 4.91 Å². The fraction of sp³-hybridized carbons (Fsp3) is 0.667. The zero-order valence-electron chi connectivity index (χ0n) is 4.13. The topological polar surface area (TPSA) is 65.8 Å². The van der Waals surface area contributed by atoms with Crippen molar-refractivity contribution in [2.45, 2.75) is 0 Å². The zero-order chi connectivity index (χ0) is 5.98. The second-order valence-corrected chi connectivity index (χ2v) is 1.36. The second kappa shape index (κ2) is 1.77. The highest BCUT2D eigenvalue weighted by Crippen LogP contribution is 1.99. The minimum Gasteiger partial charge on any atom is -0.462 e. The van der Waals surface area contributed by atoms with Crippen LogP contribution in [-0.2, 0) is 4.74 Å². The van der Waals surface area contributed by atoms with Crippen LogP contribution in [0.15, 0.2) is 5.29 Å². The van der Waals surface area contributed by atoms with Crippen molar-refractivity contribution in [2.24, 2.45) is 5.29 Å². The standard InChI is InChI=1S/C3H5N3O2/c4-3-6(5-7)1-2-8-3/h4H,1-2H2. The number of nitrogens with zero attached hydrogens (tertiary/aromatic N) is 2. The van der Waals surface area contributed by atoms with Gasteiger partial charge in [0.25, 0.3) is 0 Å². The van der Waals surface area contributed by atoms with Crippen LogP contribution in [0.4, 0.5) is 0 Å². The van der Waals surface area contributed by atoms with Crippen molar-refractivity contribution in [1.29, 1.82) is 5.41 Å². The SMILES string of the molecule is N=C1OCCN1N=O. The number of nitroso groups, excluding NO2 is 1. The lowest BCUT2D eigenvalue weighted by molar-refractivity contribution is 0.348. The highest BCUT2D eigenvalue weighted by molar-refractivity contribution is 5.71. The van der Waals surface area contributed by atoms with Gasteiger partial charge in [0.15, 0.2) is 0 Å². The van der Waals surface area contributed by atoms with E-state index < -0.39 is 0 Å². The lowest BCUT2D eigenvalue weighted by atomic mass is 10.7. The minimum atomic E-state index is -0.153. The van der Waals surface area contributed by atoms with Crippen LogP contribution in [0, 0.1) is 10.3 Å². The van der Waals surface area contributed by atoms with Crippen LogP contribution < -0.4 is 0 Å². The van der Waals surface area contributed by atoms with Gasteiger partial charge >= 0.3 is 6.02 Å². The molecule has 1 fully saturated rings. The number of hydrogen-bond donors (Lipinski definition) is 1. The lowest BCUT2D eigenvalue weighted by Crippen LogP contribution is -2.16. The molecule has 0 atom stereocenters. The summed E-state index contributed by atoms with van der Waals surface area (Å²) in [6.45, 7) is 0.799. The predicted molar refractivity (Wildman–Crippen MR) is 26.2 cm³/mol. The summed E-state index contributed by atoms with van der Waals surface area (Å²) in [5.41, 5.74) is 0. The van der Waals surface area contributed by atoms with Gasteiger partial charge in [0.2, 0.25) is 0 Å². The fourth-order valence-corrected chi connectivity index (χ4v) is 0.483. The molecule has 0 aliphatic carbocycles. The molecule has 0 aromatic carbocycles. The number of amidine groups is 1. The summed E-state index contributed by atoms with van der Waals surface area (Å²) in [6.07, 6.45) is 0. The molecule has 1 aliphatic heterocycles. The Morgan fingerprint density at radius 3 is 2.88 bits per heavy atom. The normalized spacial score (nSPS) is 18.5. The third-order valence-corrected chi connectivity index (χ3v) is 0.875. The van der Waals surface area contributed by atoms with Crippen LogP contribution >= 0.6 is 0 Å². The monoisotopic (exact) mass is 115 g/mol. The molecule has 1 N–H and O–H groups in total. The molecule has 1 heterocycles. The third-order valence-electron chi connectivity index (χ3n) is 0.875. The summed E-state index contributed by atoms with van der Waals surface area (Å²) in [6, 6.07) is -0.153. The molecule has 0 bridgehead atoms. The summed E-state index contributed by atoms with van der Waals surface area (Å²) in [4.78, 5) is 9.67. The maximum Gasteiger partial charge on any atom is 0.308 e. The van der Waals surface area contributed by atoms with Crippen LogP contribution in [0.25, 0.3) is 0 Å². The van der Waals surface area contributed by atoms with Gasteiger partial charge in [0, 0.05) is 0 Å². The molecule has 0 unspecified atom stereocenters. The van der Waals surface area contributed by atoms with Crippen molar-refractivity contribution in [1.82, 2.24) is 5.01 Å². The van der Waals surface area contributed by atoms with Gasteiger partial charge in [0.1, 0.15) is 6.61 Å². The Balaban J connectivity index is 2.54. The first kappa shape index (κ1) is 5.02. The van der Waals surface area contributed by atoms with Gasteiger partial charge < -0.3 is 4.74 Å². The maximum absolute atomic E-state index is 9.67. The summed E-state index contributed by atoms with van der Waals surface area (Å²) in [5, 5.41) is 10.3. The zero-order valence-corrected chi connectivity index (χ0v) is 4.13. The molecular formula is C3H5N3O2.